The smallest absolute Gasteiger partial charge is 0.337 e. The van der Waals surface area contributed by atoms with Crippen molar-refractivity contribution in [3.8, 4) is 0 Å². The first-order chi connectivity index (χ1) is 13.5. The summed E-state index contributed by atoms with van der Waals surface area (Å²) in [5, 5.41) is 14.8. The van der Waals surface area contributed by atoms with E-state index in [2.05, 4.69) is 38.8 Å². The van der Waals surface area contributed by atoms with Crippen LogP contribution in [0.3, 0.4) is 0 Å². The molecule has 2 aromatic carbocycles. The first kappa shape index (κ1) is 19.6. The summed E-state index contributed by atoms with van der Waals surface area (Å²) in [6, 6.07) is 10.9. The second kappa shape index (κ2) is 8.67. The second-order valence-electron chi connectivity index (χ2n) is 6.06. The molecule has 0 aliphatic heterocycles. The van der Waals surface area contributed by atoms with Crippen LogP contribution in [0.4, 0.5) is 23.1 Å². The molecule has 3 rings (SSSR count). The number of rotatable bonds is 6. The van der Waals surface area contributed by atoms with E-state index in [0.717, 1.165) is 23.2 Å². The van der Waals surface area contributed by atoms with Crippen LogP contribution in [-0.4, -0.2) is 28.3 Å². The molecule has 0 unspecified atom stereocenters. The predicted octanol–water partition coefficient (Wildman–Crippen LogP) is 4.67. The lowest BCUT2D eigenvalue weighted by Gasteiger charge is -2.13. The van der Waals surface area contributed by atoms with Gasteiger partial charge in [0, 0.05) is 5.69 Å². The van der Waals surface area contributed by atoms with Crippen molar-refractivity contribution in [3.05, 3.63) is 64.3 Å². The highest BCUT2D eigenvalue weighted by Crippen LogP contribution is 2.27. The Morgan fingerprint density at radius 2 is 2.04 bits per heavy atom. The number of nitrogens with zero attached hydrogens (tertiary/aromatic N) is 3. The molecule has 1 aromatic heterocycles. The van der Waals surface area contributed by atoms with Crippen molar-refractivity contribution in [1.29, 1.82) is 0 Å². The minimum absolute atomic E-state index is 0.356. The van der Waals surface area contributed by atoms with E-state index >= 15 is 0 Å². The van der Waals surface area contributed by atoms with E-state index in [1.807, 2.05) is 19.1 Å². The highest BCUT2D eigenvalue weighted by Gasteiger charge is 2.11. The largest absolute Gasteiger partial charge is 0.465 e. The number of ether oxygens (including phenoxy) is 1. The van der Waals surface area contributed by atoms with Crippen molar-refractivity contribution in [2.24, 2.45) is 0 Å². The van der Waals surface area contributed by atoms with Gasteiger partial charge in [-0.3, -0.25) is 0 Å². The summed E-state index contributed by atoms with van der Waals surface area (Å²) in [6.45, 7) is 4.11. The SMILES string of the molecule is CCc1cccc(C)c1Nc1nncc(Nc2cc(C(=O)OC)ccc2Cl)n1. The maximum Gasteiger partial charge on any atom is 0.337 e. The van der Waals surface area contributed by atoms with Crippen LogP contribution >= 0.6 is 11.6 Å². The molecular weight excluding hydrogens is 378 g/mol. The van der Waals surface area contributed by atoms with Crippen LogP contribution in [0.15, 0.2) is 42.6 Å². The number of carbonyl (C=O) groups excluding carboxylic acids is 1. The van der Waals surface area contributed by atoms with Gasteiger partial charge in [-0.1, -0.05) is 36.7 Å². The Morgan fingerprint density at radius 3 is 2.79 bits per heavy atom. The molecule has 0 aliphatic carbocycles. The number of hydrogen-bond donors (Lipinski definition) is 2. The number of aryl methyl sites for hydroxylation is 2. The summed E-state index contributed by atoms with van der Waals surface area (Å²) in [4.78, 5) is 16.2. The summed E-state index contributed by atoms with van der Waals surface area (Å²) in [7, 11) is 1.33. The lowest BCUT2D eigenvalue weighted by Crippen LogP contribution is -2.06. The topological polar surface area (TPSA) is 89.0 Å². The van der Waals surface area contributed by atoms with Gasteiger partial charge in [-0.05, 0) is 42.7 Å². The molecule has 0 saturated carbocycles. The first-order valence-corrected chi connectivity index (χ1v) is 9.09. The van der Waals surface area contributed by atoms with Gasteiger partial charge in [0.25, 0.3) is 0 Å². The van der Waals surface area contributed by atoms with Crippen LogP contribution in [0.2, 0.25) is 5.02 Å². The zero-order chi connectivity index (χ0) is 20.1. The molecule has 7 nitrogen and oxygen atoms in total. The van der Waals surface area contributed by atoms with Crippen molar-refractivity contribution >= 4 is 40.7 Å². The Hall–Kier alpha value is -3.19. The number of para-hydroxylation sites is 1. The fraction of sp³-hybridized carbons (Fsp3) is 0.200. The fourth-order valence-electron chi connectivity index (χ4n) is 2.73. The van der Waals surface area contributed by atoms with E-state index in [-0.39, 0.29) is 0 Å². The Labute approximate surface area is 168 Å². The maximum absolute atomic E-state index is 11.7. The standard InChI is InChI=1S/C20H20ClN5O2/c1-4-13-7-5-6-12(2)18(13)25-20-24-17(11-22-26-20)23-16-10-14(19(27)28-3)8-9-15(16)21/h5-11H,4H2,1-3H3,(H2,23,24,25,26). The average molecular weight is 398 g/mol. The number of aromatic nitrogens is 3. The number of hydrogen-bond acceptors (Lipinski definition) is 7. The van der Waals surface area contributed by atoms with E-state index in [0.29, 0.717) is 28.0 Å². The molecule has 2 N–H and O–H groups in total. The van der Waals surface area contributed by atoms with Gasteiger partial charge in [-0.15, -0.1) is 5.10 Å². The molecule has 1 heterocycles. The summed E-state index contributed by atoms with van der Waals surface area (Å²) in [6.07, 6.45) is 2.36. The van der Waals surface area contributed by atoms with Gasteiger partial charge in [-0.2, -0.15) is 10.1 Å². The number of anilines is 4. The summed E-state index contributed by atoms with van der Waals surface area (Å²) in [5.41, 5.74) is 4.11. The van der Waals surface area contributed by atoms with Crippen molar-refractivity contribution in [2.45, 2.75) is 20.3 Å². The second-order valence-corrected chi connectivity index (χ2v) is 6.47. The van der Waals surface area contributed by atoms with Crippen molar-refractivity contribution in [3.63, 3.8) is 0 Å². The Kier molecular flexibility index (Phi) is 6.06. The van der Waals surface area contributed by atoms with E-state index in [4.69, 9.17) is 16.3 Å². The molecule has 0 aliphatic rings. The molecule has 0 fully saturated rings. The fourth-order valence-corrected chi connectivity index (χ4v) is 2.90. The lowest BCUT2D eigenvalue weighted by atomic mass is 10.1. The summed E-state index contributed by atoms with van der Waals surface area (Å²) < 4.78 is 4.74. The molecule has 0 amide bonds. The Morgan fingerprint density at radius 1 is 1.21 bits per heavy atom. The summed E-state index contributed by atoms with van der Waals surface area (Å²) >= 11 is 6.23. The number of halogens is 1. The predicted molar refractivity (Wildman–Crippen MR) is 110 cm³/mol. The van der Waals surface area contributed by atoms with E-state index in [9.17, 15) is 4.79 Å². The van der Waals surface area contributed by atoms with Crippen molar-refractivity contribution < 1.29 is 9.53 Å². The molecule has 0 spiro atoms. The Bertz CT molecular complexity index is 1010. The number of nitrogens with one attached hydrogen (secondary N) is 2. The highest BCUT2D eigenvalue weighted by atomic mass is 35.5. The molecule has 0 atom stereocenters. The zero-order valence-corrected chi connectivity index (χ0v) is 16.5. The number of methoxy groups -OCH3 is 1. The molecule has 28 heavy (non-hydrogen) atoms. The maximum atomic E-state index is 11.7. The van der Waals surface area contributed by atoms with Crippen LogP contribution in [0.5, 0.6) is 0 Å². The minimum Gasteiger partial charge on any atom is -0.465 e. The van der Waals surface area contributed by atoms with E-state index in [1.54, 1.807) is 18.2 Å². The van der Waals surface area contributed by atoms with Gasteiger partial charge < -0.3 is 15.4 Å². The first-order valence-electron chi connectivity index (χ1n) is 8.72. The third-order valence-corrected chi connectivity index (χ3v) is 4.52. The van der Waals surface area contributed by atoms with E-state index < -0.39 is 5.97 Å². The van der Waals surface area contributed by atoms with Gasteiger partial charge >= 0.3 is 5.97 Å². The minimum atomic E-state index is -0.450. The van der Waals surface area contributed by atoms with Crippen LogP contribution in [0.1, 0.15) is 28.4 Å². The van der Waals surface area contributed by atoms with Crippen molar-refractivity contribution in [1.82, 2.24) is 15.2 Å². The molecule has 0 radical (unpaired) electrons. The van der Waals surface area contributed by atoms with Gasteiger partial charge in [0.2, 0.25) is 5.95 Å². The monoisotopic (exact) mass is 397 g/mol. The number of carbonyl (C=O) groups is 1. The van der Waals surface area contributed by atoms with Crippen LogP contribution in [0, 0.1) is 6.92 Å². The number of esters is 1. The van der Waals surface area contributed by atoms with Crippen LogP contribution in [-0.2, 0) is 11.2 Å². The van der Waals surface area contributed by atoms with E-state index in [1.165, 1.54) is 13.3 Å². The summed E-state index contributed by atoms with van der Waals surface area (Å²) in [5.74, 6) is 0.344. The van der Waals surface area contributed by atoms with Gasteiger partial charge in [0.05, 0.1) is 29.6 Å². The molecule has 0 saturated heterocycles. The molecular formula is C20H20ClN5O2. The third kappa shape index (κ3) is 4.37. The Balaban J connectivity index is 1.86. The molecule has 8 heteroatoms. The van der Waals surface area contributed by atoms with Crippen LogP contribution in [0.25, 0.3) is 0 Å². The zero-order valence-electron chi connectivity index (χ0n) is 15.8. The quantitative estimate of drug-likeness (QED) is 0.584. The number of benzene rings is 2. The molecule has 3 aromatic rings. The average Bonchev–Trinajstić information content (AvgIpc) is 2.71. The third-order valence-electron chi connectivity index (χ3n) is 4.19. The molecule has 144 valence electrons. The van der Waals surface area contributed by atoms with Gasteiger partial charge in [0.1, 0.15) is 0 Å². The lowest BCUT2D eigenvalue weighted by molar-refractivity contribution is 0.0601. The van der Waals surface area contributed by atoms with Gasteiger partial charge in [-0.25, -0.2) is 4.79 Å². The normalized spacial score (nSPS) is 10.4. The van der Waals surface area contributed by atoms with Crippen LogP contribution < -0.4 is 10.6 Å². The van der Waals surface area contributed by atoms with Crippen molar-refractivity contribution in [2.75, 3.05) is 17.7 Å². The molecule has 0 bridgehead atoms. The highest BCUT2D eigenvalue weighted by molar-refractivity contribution is 6.33. The van der Waals surface area contributed by atoms with Gasteiger partial charge in [0.15, 0.2) is 5.82 Å².